The number of carboxylic acid groups (broad SMARTS) is 1. The Bertz CT molecular complexity index is 559. The standard InChI is InChI=1S/C17H20N2O3/c20-16(8-9-17(21)22)19-13-11-18(12-14-19)10-4-7-15-5-2-1-3-6-15/h1-9H,10-14H2,(H,21,22)/b7-4+,9-8-. The third-order valence-electron chi connectivity index (χ3n) is 3.53. The van der Waals surface area contributed by atoms with E-state index in [4.69, 9.17) is 5.11 Å². The van der Waals surface area contributed by atoms with Gasteiger partial charge in [0, 0.05) is 44.9 Å². The number of carbonyl (C=O) groups is 2. The van der Waals surface area contributed by atoms with Gasteiger partial charge in [0.25, 0.3) is 0 Å². The highest BCUT2D eigenvalue weighted by atomic mass is 16.4. The van der Waals surface area contributed by atoms with E-state index in [1.54, 1.807) is 4.90 Å². The van der Waals surface area contributed by atoms with Crippen molar-refractivity contribution in [3.63, 3.8) is 0 Å². The molecule has 0 saturated carbocycles. The first-order valence-electron chi connectivity index (χ1n) is 7.29. The van der Waals surface area contributed by atoms with Gasteiger partial charge in [-0.25, -0.2) is 4.79 Å². The molecule has 5 heteroatoms. The van der Waals surface area contributed by atoms with Crippen molar-refractivity contribution in [2.75, 3.05) is 32.7 Å². The molecule has 1 N–H and O–H groups in total. The molecule has 1 aliphatic heterocycles. The SMILES string of the molecule is O=C(O)/C=C\C(=O)N1CCN(C/C=C/c2ccccc2)CC1. The van der Waals surface area contributed by atoms with Gasteiger partial charge in [-0.15, -0.1) is 0 Å². The maximum atomic E-state index is 11.8. The lowest BCUT2D eigenvalue weighted by Crippen LogP contribution is -2.48. The summed E-state index contributed by atoms with van der Waals surface area (Å²) < 4.78 is 0. The summed E-state index contributed by atoms with van der Waals surface area (Å²) in [6.07, 6.45) is 6.22. The van der Waals surface area contributed by atoms with E-state index in [-0.39, 0.29) is 5.91 Å². The monoisotopic (exact) mass is 300 g/mol. The summed E-state index contributed by atoms with van der Waals surface area (Å²) in [5, 5.41) is 8.52. The zero-order valence-corrected chi connectivity index (χ0v) is 12.4. The van der Waals surface area contributed by atoms with E-state index in [0.29, 0.717) is 13.1 Å². The van der Waals surface area contributed by atoms with Gasteiger partial charge in [-0.05, 0) is 5.56 Å². The Morgan fingerprint density at radius 1 is 1.05 bits per heavy atom. The number of carbonyl (C=O) groups excluding carboxylic acids is 1. The van der Waals surface area contributed by atoms with E-state index in [0.717, 1.165) is 31.8 Å². The van der Waals surface area contributed by atoms with Crippen LogP contribution in [0.15, 0.2) is 48.6 Å². The van der Waals surface area contributed by atoms with Gasteiger partial charge in [0.2, 0.25) is 5.91 Å². The molecule has 0 atom stereocenters. The summed E-state index contributed by atoms with van der Waals surface area (Å²) in [5.74, 6) is -1.33. The fraction of sp³-hybridized carbons (Fsp3) is 0.294. The van der Waals surface area contributed by atoms with Crippen molar-refractivity contribution >= 4 is 18.0 Å². The molecule has 0 bridgehead atoms. The lowest BCUT2D eigenvalue weighted by molar-refractivity contribution is -0.132. The normalized spacial score (nSPS) is 16.5. The minimum absolute atomic E-state index is 0.234. The molecule has 2 rings (SSSR count). The minimum Gasteiger partial charge on any atom is -0.478 e. The summed E-state index contributed by atoms with van der Waals surface area (Å²) >= 11 is 0. The van der Waals surface area contributed by atoms with Crippen LogP contribution < -0.4 is 0 Å². The predicted molar refractivity (Wildman–Crippen MR) is 85.3 cm³/mol. The van der Waals surface area contributed by atoms with Crippen LogP contribution in [0.2, 0.25) is 0 Å². The highest BCUT2D eigenvalue weighted by Gasteiger charge is 2.18. The number of hydrogen-bond donors (Lipinski definition) is 1. The van der Waals surface area contributed by atoms with Gasteiger partial charge >= 0.3 is 5.97 Å². The zero-order chi connectivity index (χ0) is 15.8. The molecule has 116 valence electrons. The Balaban J connectivity index is 1.74. The van der Waals surface area contributed by atoms with Crippen molar-refractivity contribution in [1.82, 2.24) is 9.80 Å². The highest BCUT2D eigenvalue weighted by Crippen LogP contribution is 2.05. The lowest BCUT2D eigenvalue weighted by atomic mass is 10.2. The number of amides is 1. The third-order valence-corrected chi connectivity index (χ3v) is 3.53. The van der Waals surface area contributed by atoms with E-state index in [2.05, 4.69) is 29.2 Å². The van der Waals surface area contributed by atoms with Crippen molar-refractivity contribution in [2.24, 2.45) is 0 Å². The van der Waals surface area contributed by atoms with Crippen LogP contribution in [-0.4, -0.2) is 59.5 Å². The fourth-order valence-corrected chi connectivity index (χ4v) is 2.30. The molecule has 22 heavy (non-hydrogen) atoms. The number of piperazine rings is 1. The summed E-state index contributed by atoms with van der Waals surface area (Å²) in [6, 6.07) is 10.1. The molecule has 0 aliphatic carbocycles. The van der Waals surface area contributed by atoms with E-state index < -0.39 is 5.97 Å². The molecule has 0 radical (unpaired) electrons. The van der Waals surface area contributed by atoms with E-state index in [9.17, 15) is 9.59 Å². The molecule has 1 heterocycles. The van der Waals surface area contributed by atoms with E-state index in [1.807, 2.05) is 18.2 Å². The van der Waals surface area contributed by atoms with Gasteiger partial charge in [0.15, 0.2) is 0 Å². The molecule has 1 aromatic carbocycles. The Morgan fingerprint density at radius 3 is 2.36 bits per heavy atom. The molecular weight excluding hydrogens is 280 g/mol. The second kappa shape index (κ2) is 8.14. The number of nitrogens with zero attached hydrogens (tertiary/aromatic N) is 2. The molecule has 1 fully saturated rings. The average molecular weight is 300 g/mol. The second-order valence-corrected chi connectivity index (χ2v) is 5.11. The van der Waals surface area contributed by atoms with Gasteiger partial charge in [-0.3, -0.25) is 9.69 Å². The summed E-state index contributed by atoms with van der Waals surface area (Å²) in [6.45, 7) is 3.70. The maximum Gasteiger partial charge on any atom is 0.328 e. The van der Waals surface area contributed by atoms with Crippen molar-refractivity contribution in [1.29, 1.82) is 0 Å². The quantitative estimate of drug-likeness (QED) is 0.837. The molecule has 5 nitrogen and oxygen atoms in total. The van der Waals surface area contributed by atoms with Gasteiger partial charge < -0.3 is 10.0 Å². The van der Waals surface area contributed by atoms with Crippen LogP contribution in [0.25, 0.3) is 6.08 Å². The van der Waals surface area contributed by atoms with E-state index >= 15 is 0 Å². The Hall–Kier alpha value is -2.40. The zero-order valence-electron chi connectivity index (χ0n) is 12.4. The molecule has 0 spiro atoms. The number of carboxylic acids is 1. The minimum atomic E-state index is -1.10. The van der Waals surface area contributed by atoms with Crippen molar-refractivity contribution < 1.29 is 14.7 Å². The fourth-order valence-electron chi connectivity index (χ4n) is 2.30. The first-order valence-corrected chi connectivity index (χ1v) is 7.29. The van der Waals surface area contributed by atoms with Crippen molar-refractivity contribution in [3.05, 3.63) is 54.1 Å². The molecule has 1 saturated heterocycles. The Morgan fingerprint density at radius 2 is 1.73 bits per heavy atom. The smallest absolute Gasteiger partial charge is 0.328 e. The van der Waals surface area contributed by atoms with Crippen LogP contribution in [0, 0.1) is 0 Å². The first-order chi connectivity index (χ1) is 10.6. The average Bonchev–Trinajstić information content (AvgIpc) is 2.54. The van der Waals surface area contributed by atoms with E-state index in [1.165, 1.54) is 5.56 Å². The van der Waals surface area contributed by atoms with Crippen LogP contribution in [0.4, 0.5) is 0 Å². The molecule has 1 aromatic rings. The van der Waals surface area contributed by atoms with Crippen LogP contribution in [0.5, 0.6) is 0 Å². The number of hydrogen-bond acceptors (Lipinski definition) is 3. The van der Waals surface area contributed by atoms with Crippen LogP contribution in [0.3, 0.4) is 0 Å². The van der Waals surface area contributed by atoms with Crippen LogP contribution in [-0.2, 0) is 9.59 Å². The number of benzene rings is 1. The summed E-state index contributed by atoms with van der Waals surface area (Å²) in [5.41, 5.74) is 1.18. The first kappa shape index (κ1) is 16.0. The Kier molecular flexibility index (Phi) is 5.91. The van der Waals surface area contributed by atoms with Gasteiger partial charge in [0.1, 0.15) is 0 Å². The highest BCUT2D eigenvalue weighted by molar-refractivity contribution is 5.93. The number of aliphatic carboxylic acids is 1. The van der Waals surface area contributed by atoms with Gasteiger partial charge in [0.05, 0.1) is 0 Å². The summed E-state index contributed by atoms with van der Waals surface area (Å²) in [7, 11) is 0. The lowest BCUT2D eigenvalue weighted by Gasteiger charge is -2.33. The molecular formula is C17H20N2O3. The van der Waals surface area contributed by atoms with Crippen molar-refractivity contribution in [2.45, 2.75) is 0 Å². The predicted octanol–water partition coefficient (Wildman–Crippen LogP) is 1.48. The molecule has 1 aliphatic rings. The third kappa shape index (κ3) is 5.18. The molecule has 0 aromatic heterocycles. The van der Waals surface area contributed by atoms with Gasteiger partial charge in [-0.1, -0.05) is 42.5 Å². The Labute approximate surface area is 130 Å². The van der Waals surface area contributed by atoms with Crippen molar-refractivity contribution in [3.8, 4) is 0 Å². The molecule has 0 unspecified atom stereocenters. The summed E-state index contributed by atoms with van der Waals surface area (Å²) in [4.78, 5) is 26.1. The number of rotatable bonds is 5. The maximum absolute atomic E-state index is 11.8. The van der Waals surface area contributed by atoms with Crippen LogP contribution in [0.1, 0.15) is 5.56 Å². The topological polar surface area (TPSA) is 60.9 Å². The van der Waals surface area contributed by atoms with Crippen LogP contribution >= 0.6 is 0 Å². The van der Waals surface area contributed by atoms with Gasteiger partial charge in [-0.2, -0.15) is 0 Å². The second-order valence-electron chi connectivity index (χ2n) is 5.11. The largest absolute Gasteiger partial charge is 0.478 e. The molecule has 1 amide bonds.